The van der Waals surface area contributed by atoms with Crippen LogP contribution in [0.5, 0.6) is 0 Å². The van der Waals surface area contributed by atoms with Gasteiger partial charge in [0.15, 0.2) is 0 Å². The zero-order chi connectivity index (χ0) is 7.40. The van der Waals surface area contributed by atoms with E-state index >= 15 is 0 Å². The molecule has 3 heteroatoms. The van der Waals surface area contributed by atoms with Gasteiger partial charge < -0.3 is 4.79 Å². The highest BCUT2D eigenvalue weighted by Crippen LogP contribution is 2.11. The van der Waals surface area contributed by atoms with Crippen LogP contribution < -0.4 is 0 Å². The van der Waals surface area contributed by atoms with Crippen molar-refractivity contribution in [1.29, 1.82) is 0 Å². The molecule has 1 atom stereocenters. The average Bonchev–Trinajstić information content (AvgIpc) is 1.88. The minimum atomic E-state index is -0.714. The fourth-order valence-electron chi connectivity index (χ4n) is 1.27. The van der Waals surface area contributed by atoms with Crippen LogP contribution in [0.25, 0.3) is 0 Å². The van der Waals surface area contributed by atoms with Gasteiger partial charge in [-0.2, -0.15) is 0 Å². The number of hydrogen-bond donors (Lipinski definition) is 0. The molecule has 1 heterocycles. The Morgan fingerprint density at radius 1 is 1.70 bits per heavy atom. The Morgan fingerprint density at radius 2 is 2.50 bits per heavy atom. The largest absolute Gasteiger partial charge is 0.302 e. The molecule has 0 radical (unpaired) electrons. The number of hydrogen-bond acceptors (Lipinski definition) is 2. The highest BCUT2D eigenvalue weighted by Gasteiger charge is 2.17. The quantitative estimate of drug-likeness (QED) is 0.531. The summed E-state index contributed by atoms with van der Waals surface area (Å²) in [4.78, 5) is 11.9. The van der Waals surface area contributed by atoms with E-state index in [0.29, 0.717) is 19.5 Å². The van der Waals surface area contributed by atoms with Gasteiger partial charge in [0.2, 0.25) is 0 Å². The monoisotopic (exact) mass is 145 g/mol. The summed E-state index contributed by atoms with van der Waals surface area (Å²) < 4.78 is 12.6. The maximum Gasteiger partial charge on any atom is 0.133 e. The zero-order valence-electron chi connectivity index (χ0n) is 5.92. The van der Waals surface area contributed by atoms with Crippen molar-refractivity contribution in [2.45, 2.75) is 19.0 Å². The van der Waals surface area contributed by atoms with Crippen molar-refractivity contribution in [2.75, 3.05) is 19.6 Å². The second-order valence-electron chi connectivity index (χ2n) is 2.67. The number of piperidine rings is 1. The lowest BCUT2D eigenvalue weighted by molar-refractivity contribution is -0.109. The highest BCUT2D eigenvalue weighted by molar-refractivity contribution is 5.51. The lowest BCUT2D eigenvalue weighted by atomic mass is 10.1. The smallest absolute Gasteiger partial charge is 0.133 e. The van der Waals surface area contributed by atoms with E-state index in [1.165, 1.54) is 0 Å². The molecule has 0 amide bonds. The molecule has 10 heavy (non-hydrogen) atoms. The predicted molar refractivity (Wildman–Crippen MR) is 36.6 cm³/mol. The summed E-state index contributed by atoms with van der Waals surface area (Å²) in [6.07, 6.45) is 1.66. The molecule has 2 nitrogen and oxygen atoms in total. The van der Waals surface area contributed by atoms with Crippen LogP contribution in [0, 0.1) is 0 Å². The van der Waals surface area contributed by atoms with Gasteiger partial charge in [0.1, 0.15) is 12.5 Å². The van der Waals surface area contributed by atoms with E-state index in [1.807, 2.05) is 4.90 Å². The van der Waals surface area contributed by atoms with Gasteiger partial charge in [-0.3, -0.25) is 4.90 Å². The third-order valence-corrected chi connectivity index (χ3v) is 1.78. The fraction of sp³-hybridized carbons (Fsp3) is 0.857. The summed E-state index contributed by atoms with van der Waals surface area (Å²) in [5, 5.41) is 0. The minimum absolute atomic E-state index is 0.389. The summed E-state index contributed by atoms with van der Waals surface area (Å²) in [6.45, 7) is 1.71. The highest BCUT2D eigenvalue weighted by atomic mass is 19.1. The van der Waals surface area contributed by atoms with E-state index < -0.39 is 6.17 Å². The summed E-state index contributed by atoms with van der Waals surface area (Å²) in [5.74, 6) is 0. The summed E-state index contributed by atoms with van der Waals surface area (Å²) in [5.41, 5.74) is 0. The van der Waals surface area contributed by atoms with Gasteiger partial charge in [-0.1, -0.05) is 0 Å². The molecule has 0 aromatic heterocycles. The number of alkyl halides is 1. The number of likely N-dealkylation sites (tertiary alicyclic amines) is 1. The number of carbonyl (C=O) groups is 1. The number of rotatable bonds is 2. The molecule has 1 aliphatic heterocycles. The van der Waals surface area contributed by atoms with Crippen molar-refractivity contribution in [1.82, 2.24) is 4.90 Å². The van der Waals surface area contributed by atoms with E-state index in [2.05, 4.69) is 0 Å². The van der Waals surface area contributed by atoms with Crippen LogP contribution in [0.2, 0.25) is 0 Å². The molecule has 0 spiro atoms. The first-order valence-corrected chi connectivity index (χ1v) is 3.63. The molecular formula is C7H12FNO. The van der Waals surface area contributed by atoms with E-state index in [-0.39, 0.29) is 0 Å². The van der Waals surface area contributed by atoms with E-state index in [9.17, 15) is 9.18 Å². The maximum atomic E-state index is 12.6. The summed E-state index contributed by atoms with van der Waals surface area (Å²) in [7, 11) is 0. The van der Waals surface area contributed by atoms with Crippen LogP contribution in [0.4, 0.5) is 4.39 Å². The molecule has 0 saturated carbocycles. The van der Waals surface area contributed by atoms with E-state index in [4.69, 9.17) is 0 Å². The third kappa shape index (κ3) is 2.06. The molecular weight excluding hydrogens is 133 g/mol. The van der Waals surface area contributed by atoms with Crippen LogP contribution >= 0.6 is 0 Å². The fourth-order valence-corrected chi connectivity index (χ4v) is 1.27. The molecule has 0 bridgehead atoms. The van der Waals surface area contributed by atoms with Crippen LogP contribution in [-0.2, 0) is 4.79 Å². The Hall–Kier alpha value is -0.440. The lowest BCUT2D eigenvalue weighted by Gasteiger charge is -2.26. The van der Waals surface area contributed by atoms with Crippen LogP contribution in [-0.4, -0.2) is 37.0 Å². The number of halogens is 1. The first-order chi connectivity index (χ1) is 4.83. The lowest BCUT2D eigenvalue weighted by Crippen LogP contribution is -2.37. The first-order valence-electron chi connectivity index (χ1n) is 3.63. The van der Waals surface area contributed by atoms with E-state index in [1.54, 1.807) is 0 Å². The van der Waals surface area contributed by atoms with E-state index in [0.717, 1.165) is 19.3 Å². The molecule has 0 aromatic rings. The molecule has 58 valence electrons. The Kier molecular flexibility index (Phi) is 2.81. The summed E-state index contributed by atoms with van der Waals surface area (Å²) >= 11 is 0. The molecule has 0 aromatic carbocycles. The third-order valence-electron chi connectivity index (χ3n) is 1.78. The Bertz CT molecular complexity index is 118. The first kappa shape index (κ1) is 7.66. The van der Waals surface area contributed by atoms with Crippen molar-refractivity contribution in [3.05, 3.63) is 0 Å². The average molecular weight is 145 g/mol. The van der Waals surface area contributed by atoms with Crippen molar-refractivity contribution in [3.63, 3.8) is 0 Å². The Morgan fingerprint density at radius 3 is 3.10 bits per heavy atom. The molecule has 1 rings (SSSR count). The Labute approximate surface area is 60.0 Å². The SMILES string of the molecule is O=CCN1CCCC(F)C1. The second-order valence-corrected chi connectivity index (χ2v) is 2.67. The van der Waals surface area contributed by atoms with Crippen molar-refractivity contribution in [2.24, 2.45) is 0 Å². The molecule has 0 aliphatic carbocycles. The van der Waals surface area contributed by atoms with Crippen LogP contribution in [0.3, 0.4) is 0 Å². The molecule has 1 aliphatic rings. The van der Waals surface area contributed by atoms with Crippen LogP contribution in [0.15, 0.2) is 0 Å². The van der Waals surface area contributed by atoms with Crippen molar-refractivity contribution in [3.8, 4) is 0 Å². The number of carbonyl (C=O) groups excluding carboxylic acids is 1. The van der Waals surface area contributed by atoms with Gasteiger partial charge in [-0.15, -0.1) is 0 Å². The van der Waals surface area contributed by atoms with Gasteiger partial charge in [0, 0.05) is 6.54 Å². The van der Waals surface area contributed by atoms with Gasteiger partial charge in [-0.05, 0) is 19.4 Å². The standard InChI is InChI=1S/C7H12FNO/c8-7-2-1-3-9(6-7)4-5-10/h5,7H,1-4,6H2. The predicted octanol–water partition coefficient (Wildman–Crippen LogP) is 0.619. The number of aldehydes is 1. The molecule has 1 fully saturated rings. The molecule has 0 N–H and O–H groups in total. The normalized spacial score (nSPS) is 28.3. The van der Waals surface area contributed by atoms with Gasteiger partial charge in [0.25, 0.3) is 0 Å². The van der Waals surface area contributed by atoms with Crippen molar-refractivity contribution >= 4 is 6.29 Å². The summed E-state index contributed by atoms with van der Waals surface area (Å²) in [6, 6.07) is 0. The maximum absolute atomic E-state index is 12.6. The Balaban J connectivity index is 2.24. The van der Waals surface area contributed by atoms with Gasteiger partial charge in [0.05, 0.1) is 6.54 Å². The van der Waals surface area contributed by atoms with Gasteiger partial charge >= 0.3 is 0 Å². The molecule has 1 saturated heterocycles. The topological polar surface area (TPSA) is 20.3 Å². The van der Waals surface area contributed by atoms with Crippen LogP contribution in [0.1, 0.15) is 12.8 Å². The van der Waals surface area contributed by atoms with Gasteiger partial charge in [-0.25, -0.2) is 4.39 Å². The molecule has 1 unspecified atom stereocenters. The second kappa shape index (κ2) is 3.66. The van der Waals surface area contributed by atoms with Crippen molar-refractivity contribution < 1.29 is 9.18 Å². The minimum Gasteiger partial charge on any atom is -0.302 e. The zero-order valence-corrected chi connectivity index (χ0v) is 5.92. The number of nitrogens with zero attached hydrogens (tertiary/aromatic N) is 1.